The molecule has 4 nitrogen and oxygen atoms in total. The molecule has 124 valence electrons. The first-order valence-corrected chi connectivity index (χ1v) is 8.07. The normalized spacial score (nSPS) is 12.4. The SMILES string of the molecule is CCC(NC(=O)CN(C)Cc1ccc(C)o1)c1ccc(C)cc1. The molecule has 0 fully saturated rings. The Morgan fingerprint density at radius 3 is 2.43 bits per heavy atom. The molecule has 23 heavy (non-hydrogen) atoms. The van der Waals surface area contributed by atoms with E-state index in [0.29, 0.717) is 13.1 Å². The number of furan rings is 1. The van der Waals surface area contributed by atoms with Crippen molar-refractivity contribution in [3.8, 4) is 0 Å². The number of carbonyl (C=O) groups is 1. The minimum atomic E-state index is 0.0307. The van der Waals surface area contributed by atoms with Gasteiger partial charge in [0.2, 0.25) is 5.91 Å². The van der Waals surface area contributed by atoms with Crippen LogP contribution in [-0.4, -0.2) is 24.4 Å². The first-order valence-electron chi connectivity index (χ1n) is 8.07. The smallest absolute Gasteiger partial charge is 0.234 e. The summed E-state index contributed by atoms with van der Waals surface area (Å²) >= 11 is 0. The van der Waals surface area contributed by atoms with Crippen LogP contribution >= 0.6 is 0 Å². The van der Waals surface area contributed by atoms with Crippen molar-refractivity contribution in [1.29, 1.82) is 0 Å². The molecular formula is C19H26N2O2. The summed E-state index contributed by atoms with van der Waals surface area (Å²) in [4.78, 5) is 14.2. The van der Waals surface area contributed by atoms with Gasteiger partial charge in [0, 0.05) is 0 Å². The molecule has 0 radical (unpaired) electrons. The largest absolute Gasteiger partial charge is 0.465 e. The molecule has 0 saturated heterocycles. The maximum Gasteiger partial charge on any atom is 0.234 e. The first-order chi connectivity index (χ1) is 11.0. The lowest BCUT2D eigenvalue weighted by molar-refractivity contribution is -0.122. The minimum absolute atomic E-state index is 0.0307. The number of aryl methyl sites for hydroxylation is 2. The second-order valence-electron chi connectivity index (χ2n) is 6.12. The zero-order valence-electron chi connectivity index (χ0n) is 14.4. The third-order valence-corrected chi connectivity index (χ3v) is 3.86. The standard InChI is InChI=1S/C19H26N2O2/c1-5-18(16-9-6-14(2)7-10-16)20-19(22)13-21(4)12-17-11-8-15(3)23-17/h6-11,18H,5,12-13H2,1-4H3,(H,20,22). The van der Waals surface area contributed by atoms with Crippen LogP contribution in [-0.2, 0) is 11.3 Å². The average Bonchev–Trinajstić information content (AvgIpc) is 2.90. The number of benzene rings is 1. The predicted molar refractivity (Wildman–Crippen MR) is 92.1 cm³/mol. The van der Waals surface area contributed by atoms with E-state index >= 15 is 0 Å². The van der Waals surface area contributed by atoms with Gasteiger partial charge in [-0.15, -0.1) is 0 Å². The van der Waals surface area contributed by atoms with E-state index in [0.717, 1.165) is 23.5 Å². The van der Waals surface area contributed by atoms with Crippen molar-refractivity contribution in [1.82, 2.24) is 10.2 Å². The Morgan fingerprint density at radius 1 is 1.17 bits per heavy atom. The second kappa shape index (κ2) is 7.97. The van der Waals surface area contributed by atoms with Crippen LogP contribution in [0.5, 0.6) is 0 Å². The minimum Gasteiger partial charge on any atom is -0.465 e. The fourth-order valence-corrected chi connectivity index (χ4v) is 2.60. The summed E-state index contributed by atoms with van der Waals surface area (Å²) in [5, 5.41) is 3.11. The predicted octanol–water partition coefficient (Wildman–Crippen LogP) is 3.60. The van der Waals surface area contributed by atoms with Crippen molar-refractivity contribution < 1.29 is 9.21 Å². The molecule has 0 spiro atoms. The molecule has 0 saturated carbocycles. The van der Waals surface area contributed by atoms with Gasteiger partial charge in [-0.1, -0.05) is 36.8 Å². The van der Waals surface area contributed by atoms with Gasteiger partial charge in [-0.05, 0) is 45.0 Å². The average molecular weight is 314 g/mol. The summed E-state index contributed by atoms with van der Waals surface area (Å²) in [6.45, 7) is 7.04. The van der Waals surface area contributed by atoms with E-state index in [1.165, 1.54) is 5.56 Å². The Labute approximate surface area is 138 Å². The van der Waals surface area contributed by atoms with E-state index < -0.39 is 0 Å². The third kappa shape index (κ3) is 5.25. The van der Waals surface area contributed by atoms with E-state index in [-0.39, 0.29) is 11.9 Å². The fraction of sp³-hybridized carbons (Fsp3) is 0.421. The highest BCUT2D eigenvalue weighted by molar-refractivity contribution is 5.78. The summed E-state index contributed by atoms with van der Waals surface area (Å²) < 4.78 is 5.55. The molecule has 1 amide bonds. The van der Waals surface area contributed by atoms with Gasteiger partial charge in [-0.25, -0.2) is 0 Å². The van der Waals surface area contributed by atoms with Gasteiger partial charge in [-0.3, -0.25) is 9.69 Å². The molecule has 0 aliphatic rings. The van der Waals surface area contributed by atoms with Gasteiger partial charge in [0.15, 0.2) is 0 Å². The van der Waals surface area contributed by atoms with E-state index in [9.17, 15) is 4.79 Å². The van der Waals surface area contributed by atoms with Crippen molar-refractivity contribution >= 4 is 5.91 Å². The number of nitrogens with one attached hydrogen (secondary N) is 1. The molecule has 1 heterocycles. The number of likely N-dealkylation sites (N-methyl/N-ethyl adjacent to an activating group) is 1. The van der Waals surface area contributed by atoms with Crippen LogP contribution in [0.4, 0.5) is 0 Å². The summed E-state index contributed by atoms with van der Waals surface area (Å²) in [5.41, 5.74) is 2.37. The molecule has 2 aromatic rings. The Morgan fingerprint density at radius 2 is 1.87 bits per heavy atom. The molecule has 4 heteroatoms. The Hall–Kier alpha value is -2.07. The molecule has 1 N–H and O–H groups in total. The first kappa shape index (κ1) is 17.3. The van der Waals surface area contributed by atoms with Crippen molar-refractivity contribution in [3.05, 3.63) is 59.0 Å². The van der Waals surface area contributed by atoms with Crippen LogP contribution in [0.3, 0.4) is 0 Å². The van der Waals surface area contributed by atoms with Crippen LogP contribution < -0.4 is 5.32 Å². The number of rotatable bonds is 7. The van der Waals surface area contributed by atoms with Gasteiger partial charge in [0.25, 0.3) is 0 Å². The zero-order chi connectivity index (χ0) is 16.8. The lowest BCUT2D eigenvalue weighted by atomic mass is 10.0. The second-order valence-corrected chi connectivity index (χ2v) is 6.12. The molecule has 1 atom stereocenters. The number of amides is 1. The maximum atomic E-state index is 12.3. The summed E-state index contributed by atoms with van der Waals surface area (Å²) in [7, 11) is 1.92. The fourth-order valence-electron chi connectivity index (χ4n) is 2.60. The van der Waals surface area contributed by atoms with Crippen LogP contribution in [0.25, 0.3) is 0 Å². The van der Waals surface area contributed by atoms with E-state index in [2.05, 4.69) is 43.4 Å². The van der Waals surface area contributed by atoms with Crippen LogP contribution in [0.1, 0.15) is 42.0 Å². The molecule has 1 unspecified atom stereocenters. The highest BCUT2D eigenvalue weighted by Crippen LogP contribution is 2.17. The van der Waals surface area contributed by atoms with Gasteiger partial charge in [0.1, 0.15) is 11.5 Å². The molecular weight excluding hydrogens is 288 g/mol. The van der Waals surface area contributed by atoms with Crippen LogP contribution in [0, 0.1) is 13.8 Å². The van der Waals surface area contributed by atoms with Gasteiger partial charge >= 0.3 is 0 Å². The molecule has 1 aromatic carbocycles. The monoisotopic (exact) mass is 314 g/mol. The Kier molecular flexibility index (Phi) is 5.99. The lowest BCUT2D eigenvalue weighted by Gasteiger charge is -2.20. The number of nitrogens with zero attached hydrogens (tertiary/aromatic N) is 1. The highest BCUT2D eigenvalue weighted by Gasteiger charge is 2.14. The van der Waals surface area contributed by atoms with E-state index in [1.807, 2.05) is 31.0 Å². The van der Waals surface area contributed by atoms with Crippen molar-refractivity contribution in [2.24, 2.45) is 0 Å². The highest BCUT2D eigenvalue weighted by atomic mass is 16.3. The number of carbonyl (C=O) groups excluding carboxylic acids is 1. The number of hydrogen-bond acceptors (Lipinski definition) is 3. The molecule has 0 aliphatic heterocycles. The lowest BCUT2D eigenvalue weighted by Crippen LogP contribution is -2.36. The third-order valence-electron chi connectivity index (χ3n) is 3.86. The van der Waals surface area contributed by atoms with Crippen LogP contribution in [0.2, 0.25) is 0 Å². The summed E-state index contributed by atoms with van der Waals surface area (Å²) in [6, 6.07) is 12.3. The Bertz CT molecular complexity index is 631. The summed E-state index contributed by atoms with van der Waals surface area (Å²) in [6.07, 6.45) is 0.871. The quantitative estimate of drug-likeness (QED) is 0.849. The van der Waals surface area contributed by atoms with E-state index in [1.54, 1.807) is 0 Å². The Balaban J connectivity index is 1.88. The zero-order valence-corrected chi connectivity index (χ0v) is 14.4. The maximum absolute atomic E-state index is 12.3. The molecule has 2 rings (SSSR count). The summed E-state index contributed by atoms with van der Waals surface area (Å²) in [5.74, 6) is 1.80. The van der Waals surface area contributed by atoms with Crippen LogP contribution in [0.15, 0.2) is 40.8 Å². The van der Waals surface area contributed by atoms with Crippen molar-refractivity contribution in [2.45, 2.75) is 39.8 Å². The van der Waals surface area contributed by atoms with Gasteiger partial charge < -0.3 is 9.73 Å². The topological polar surface area (TPSA) is 45.5 Å². The van der Waals surface area contributed by atoms with E-state index in [4.69, 9.17) is 4.42 Å². The van der Waals surface area contributed by atoms with Crippen molar-refractivity contribution in [3.63, 3.8) is 0 Å². The van der Waals surface area contributed by atoms with Crippen molar-refractivity contribution in [2.75, 3.05) is 13.6 Å². The molecule has 1 aromatic heterocycles. The molecule has 0 bridgehead atoms. The number of hydrogen-bond donors (Lipinski definition) is 1. The van der Waals surface area contributed by atoms with Gasteiger partial charge in [0.05, 0.1) is 19.1 Å². The molecule has 0 aliphatic carbocycles. The van der Waals surface area contributed by atoms with Gasteiger partial charge in [-0.2, -0.15) is 0 Å².